The number of halogens is 2. The molecule has 1 saturated heterocycles. The minimum absolute atomic E-state index is 0.0195. The van der Waals surface area contributed by atoms with Crippen molar-refractivity contribution in [3.63, 3.8) is 0 Å². The minimum atomic E-state index is -0.403. The maximum atomic E-state index is 14.8. The van der Waals surface area contributed by atoms with Crippen molar-refractivity contribution in [1.29, 1.82) is 0 Å². The smallest absolute Gasteiger partial charge is 0.303 e. The number of nitrogens with zero attached hydrogens (tertiary/aromatic N) is 3. The molecule has 1 aliphatic carbocycles. The van der Waals surface area contributed by atoms with E-state index in [2.05, 4.69) is 44.9 Å². The molecule has 2 aliphatic rings. The van der Waals surface area contributed by atoms with Crippen molar-refractivity contribution >= 4 is 40.0 Å². The van der Waals surface area contributed by atoms with Gasteiger partial charge >= 0.3 is 5.97 Å². The Labute approximate surface area is 176 Å². The number of carbonyl (C=O) groups is 1. The van der Waals surface area contributed by atoms with E-state index in [-0.39, 0.29) is 23.2 Å². The second-order valence-corrected chi connectivity index (χ2v) is 8.68. The van der Waals surface area contributed by atoms with Gasteiger partial charge in [-0.05, 0) is 48.3 Å². The Bertz CT molecular complexity index is 893. The molecule has 0 radical (unpaired) electrons. The molecule has 2 aromatic heterocycles. The molecule has 3 heterocycles. The molecule has 1 saturated carbocycles. The molecule has 0 aromatic carbocycles. The molecule has 1 aliphatic heterocycles. The summed E-state index contributed by atoms with van der Waals surface area (Å²) in [5.74, 6) is -0.210. The van der Waals surface area contributed by atoms with E-state index < -0.39 is 6.10 Å². The summed E-state index contributed by atoms with van der Waals surface area (Å²) < 4.78 is 28.0. The maximum absolute atomic E-state index is 14.8. The van der Waals surface area contributed by atoms with Gasteiger partial charge in [-0.1, -0.05) is 13.3 Å². The highest BCUT2D eigenvalue weighted by molar-refractivity contribution is 14.1. The summed E-state index contributed by atoms with van der Waals surface area (Å²) in [5, 5.41) is 7.89. The quantitative estimate of drug-likeness (QED) is 0.499. The Hall–Kier alpha value is -1.49. The van der Waals surface area contributed by atoms with Gasteiger partial charge in [-0.2, -0.15) is 0 Å². The molecule has 0 amide bonds. The van der Waals surface area contributed by atoms with E-state index in [1.54, 1.807) is 4.52 Å². The molecule has 2 fully saturated rings. The van der Waals surface area contributed by atoms with E-state index in [1.165, 1.54) is 13.1 Å². The van der Waals surface area contributed by atoms with Crippen molar-refractivity contribution < 1.29 is 18.7 Å². The minimum Gasteiger partial charge on any atom is -0.458 e. The fraction of sp³-hybridized carbons (Fsp3) is 0.632. The van der Waals surface area contributed by atoms with E-state index in [4.69, 9.17) is 9.47 Å². The SMILES string of the molecule is CCC1(c2c(I)c(F)c3cnc(NC4CCOCC4OC(C)=O)nn23)CCC1. The summed E-state index contributed by atoms with van der Waals surface area (Å²) in [5.41, 5.74) is 1.32. The van der Waals surface area contributed by atoms with Crippen LogP contribution < -0.4 is 5.32 Å². The topological polar surface area (TPSA) is 77.8 Å². The van der Waals surface area contributed by atoms with Gasteiger partial charge < -0.3 is 14.8 Å². The van der Waals surface area contributed by atoms with Crippen LogP contribution >= 0.6 is 22.6 Å². The zero-order valence-corrected chi connectivity index (χ0v) is 18.2. The lowest BCUT2D eigenvalue weighted by Gasteiger charge is -2.41. The number of nitrogens with one attached hydrogen (secondary N) is 1. The molecular formula is C19H24FIN4O3. The molecule has 4 rings (SSSR count). The van der Waals surface area contributed by atoms with E-state index in [1.807, 2.05) is 0 Å². The Morgan fingerprint density at radius 3 is 2.96 bits per heavy atom. The molecule has 9 heteroatoms. The van der Waals surface area contributed by atoms with Crippen LogP contribution in [0.25, 0.3) is 5.52 Å². The van der Waals surface area contributed by atoms with Crippen LogP contribution in [0, 0.1) is 9.39 Å². The third kappa shape index (κ3) is 3.36. The van der Waals surface area contributed by atoms with E-state index in [9.17, 15) is 9.18 Å². The number of anilines is 1. The average Bonchev–Trinajstić information content (AvgIpc) is 2.88. The van der Waals surface area contributed by atoms with Crippen molar-refractivity contribution in [3.05, 3.63) is 21.3 Å². The summed E-state index contributed by atoms with van der Waals surface area (Å²) in [7, 11) is 0. The lowest BCUT2D eigenvalue weighted by Crippen LogP contribution is -2.45. The van der Waals surface area contributed by atoms with Gasteiger partial charge in [0.1, 0.15) is 11.6 Å². The molecule has 7 nitrogen and oxygen atoms in total. The first-order chi connectivity index (χ1) is 13.4. The van der Waals surface area contributed by atoms with Crippen LogP contribution in [0.4, 0.5) is 10.3 Å². The lowest BCUT2D eigenvalue weighted by molar-refractivity contribution is -0.153. The molecule has 2 aromatic rings. The van der Waals surface area contributed by atoms with Crippen LogP contribution in [-0.4, -0.2) is 45.9 Å². The fourth-order valence-electron chi connectivity index (χ4n) is 4.24. The van der Waals surface area contributed by atoms with Gasteiger partial charge in [0.15, 0.2) is 5.82 Å². The number of ether oxygens (including phenoxy) is 2. The number of hydrogen-bond acceptors (Lipinski definition) is 6. The predicted octanol–water partition coefficient (Wildman–Crippen LogP) is 3.44. The van der Waals surface area contributed by atoms with Gasteiger partial charge in [0.2, 0.25) is 5.95 Å². The Morgan fingerprint density at radius 2 is 2.32 bits per heavy atom. The monoisotopic (exact) mass is 502 g/mol. The molecule has 1 N–H and O–H groups in total. The number of esters is 1. The highest BCUT2D eigenvalue weighted by Crippen LogP contribution is 2.48. The van der Waals surface area contributed by atoms with Gasteiger partial charge in [-0.15, -0.1) is 5.10 Å². The van der Waals surface area contributed by atoms with Crippen LogP contribution in [0.3, 0.4) is 0 Å². The molecule has 152 valence electrons. The summed E-state index contributed by atoms with van der Waals surface area (Å²) in [4.78, 5) is 15.7. The number of carbonyl (C=O) groups excluding carboxylic acids is 1. The first kappa shape index (κ1) is 19.8. The number of rotatable bonds is 5. The number of fused-ring (bicyclic) bond motifs is 1. The van der Waals surface area contributed by atoms with Crippen LogP contribution in [0.15, 0.2) is 6.20 Å². The highest BCUT2D eigenvalue weighted by atomic mass is 127. The molecule has 0 spiro atoms. The summed E-state index contributed by atoms with van der Waals surface area (Å²) in [6.07, 6.45) is 6.00. The third-order valence-electron chi connectivity index (χ3n) is 6.00. The van der Waals surface area contributed by atoms with Gasteiger partial charge in [0.05, 0.1) is 28.1 Å². The molecule has 28 heavy (non-hydrogen) atoms. The molecule has 0 bridgehead atoms. The normalized spacial score (nSPS) is 24.0. The second-order valence-electron chi connectivity index (χ2n) is 7.61. The maximum Gasteiger partial charge on any atom is 0.303 e. The summed E-state index contributed by atoms with van der Waals surface area (Å²) >= 11 is 2.09. The Balaban J connectivity index is 1.68. The second kappa shape index (κ2) is 7.74. The van der Waals surface area contributed by atoms with E-state index in [0.29, 0.717) is 34.7 Å². The Morgan fingerprint density at radius 1 is 1.54 bits per heavy atom. The van der Waals surface area contributed by atoms with Crippen molar-refractivity contribution in [2.75, 3.05) is 18.5 Å². The number of aromatic nitrogens is 3. The zero-order valence-electron chi connectivity index (χ0n) is 16.0. The van der Waals surface area contributed by atoms with E-state index in [0.717, 1.165) is 31.4 Å². The van der Waals surface area contributed by atoms with Crippen LogP contribution in [-0.2, 0) is 19.7 Å². The first-order valence-corrected chi connectivity index (χ1v) is 10.8. The van der Waals surface area contributed by atoms with E-state index >= 15 is 0 Å². The van der Waals surface area contributed by atoms with Crippen LogP contribution in [0.2, 0.25) is 0 Å². The highest BCUT2D eigenvalue weighted by Gasteiger charge is 2.42. The molecule has 2 unspecified atom stereocenters. The lowest BCUT2D eigenvalue weighted by atomic mass is 9.65. The van der Waals surface area contributed by atoms with Gasteiger partial charge in [-0.25, -0.2) is 13.9 Å². The van der Waals surface area contributed by atoms with Gasteiger partial charge in [0, 0.05) is 18.9 Å². The van der Waals surface area contributed by atoms with Crippen LogP contribution in [0.5, 0.6) is 0 Å². The van der Waals surface area contributed by atoms with Gasteiger partial charge in [0.25, 0.3) is 0 Å². The van der Waals surface area contributed by atoms with Crippen molar-refractivity contribution in [1.82, 2.24) is 14.6 Å². The van der Waals surface area contributed by atoms with Crippen molar-refractivity contribution in [2.24, 2.45) is 0 Å². The summed E-state index contributed by atoms with van der Waals surface area (Å²) in [6.45, 7) is 4.43. The fourth-order valence-corrected chi connectivity index (χ4v) is 5.31. The third-order valence-corrected chi connectivity index (χ3v) is 6.98. The van der Waals surface area contributed by atoms with Gasteiger partial charge in [-0.3, -0.25) is 4.79 Å². The first-order valence-electron chi connectivity index (χ1n) is 9.70. The summed E-state index contributed by atoms with van der Waals surface area (Å²) in [6, 6.07) is -0.151. The standard InChI is InChI=1S/C19H24FIN4O3/c1-3-19(6-4-7-19)17-16(21)15(20)13-9-22-18(24-25(13)17)23-12-5-8-27-10-14(12)28-11(2)26/h9,12,14H,3-8,10H2,1-2H3,(H,23,24). The Kier molecular flexibility index (Phi) is 5.47. The largest absolute Gasteiger partial charge is 0.458 e. The predicted molar refractivity (Wildman–Crippen MR) is 110 cm³/mol. The molecular weight excluding hydrogens is 478 g/mol. The van der Waals surface area contributed by atoms with Crippen LogP contribution in [0.1, 0.15) is 51.6 Å². The average molecular weight is 502 g/mol. The number of hydrogen-bond donors (Lipinski definition) is 1. The van der Waals surface area contributed by atoms with Crippen molar-refractivity contribution in [3.8, 4) is 0 Å². The zero-order chi connectivity index (χ0) is 19.9. The van der Waals surface area contributed by atoms with Crippen molar-refractivity contribution in [2.45, 2.75) is 63.5 Å². The molecule has 2 atom stereocenters.